The van der Waals surface area contributed by atoms with Gasteiger partial charge in [0.25, 0.3) is 0 Å². The highest BCUT2D eigenvalue weighted by Crippen LogP contribution is 2.39. The molecule has 0 aliphatic carbocycles. The first-order chi connectivity index (χ1) is 7.05. The molecule has 0 amide bonds. The lowest BCUT2D eigenvalue weighted by Crippen LogP contribution is -1.96. The molecule has 0 unspecified atom stereocenters. The van der Waals surface area contributed by atoms with Gasteiger partial charge in [-0.3, -0.25) is 0 Å². The van der Waals surface area contributed by atoms with Crippen LogP contribution >= 0.6 is 39.0 Å². The van der Waals surface area contributed by atoms with Crippen LogP contribution in [0.4, 0.5) is 0 Å². The predicted molar refractivity (Wildman–Crippen MR) is 70.0 cm³/mol. The maximum Gasteiger partial charge on any atom is 0.214 e. The van der Waals surface area contributed by atoms with Gasteiger partial charge in [-0.25, -0.2) is 8.42 Å². The number of hydrogen-bond donors (Lipinski definition) is 0. The third-order valence-electron chi connectivity index (χ3n) is 1.94. The average Bonchev–Trinajstić information content (AvgIpc) is 2.74. The van der Waals surface area contributed by atoms with Crippen LogP contribution < -0.4 is 0 Å². The van der Waals surface area contributed by atoms with Gasteiger partial charge >= 0.3 is 0 Å². The van der Waals surface area contributed by atoms with Gasteiger partial charge in [0.2, 0.25) is 9.84 Å². The fraction of sp³-hybridized carbons (Fsp3) is 0.111. The van der Waals surface area contributed by atoms with Crippen LogP contribution in [0.5, 0.6) is 0 Å². The van der Waals surface area contributed by atoms with Crippen molar-refractivity contribution in [1.82, 2.24) is 0 Å². The lowest BCUT2D eigenvalue weighted by Gasteiger charge is -1.99. The second-order valence-electron chi connectivity index (χ2n) is 2.83. The minimum atomic E-state index is -3.27. The van der Waals surface area contributed by atoms with Crippen LogP contribution in [0.15, 0.2) is 32.3 Å². The van der Waals surface area contributed by atoms with Gasteiger partial charge in [0.05, 0.1) is 9.11 Å². The first-order valence-electron chi connectivity index (χ1n) is 4.02. The molecule has 0 aromatic carbocycles. The van der Waals surface area contributed by atoms with E-state index in [4.69, 9.17) is 0 Å². The fourth-order valence-corrected chi connectivity index (χ4v) is 4.81. The van der Waals surface area contributed by atoms with E-state index in [0.717, 1.165) is 9.09 Å². The zero-order chi connectivity index (χ0) is 11.1. The summed E-state index contributed by atoms with van der Waals surface area (Å²) in [5.41, 5.74) is 0. The maximum atomic E-state index is 11.8. The molecule has 0 bridgehead atoms. The van der Waals surface area contributed by atoms with Crippen LogP contribution in [0.1, 0.15) is 4.88 Å². The van der Waals surface area contributed by atoms with Crippen molar-refractivity contribution in [3.05, 3.63) is 33.0 Å². The molecule has 0 fully saturated rings. The highest BCUT2D eigenvalue weighted by Gasteiger charge is 2.27. The van der Waals surface area contributed by atoms with Crippen LogP contribution in [0, 0.1) is 0 Å². The molecule has 0 atom stereocenters. The van der Waals surface area contributed by atoms with Crippen molar-refractivity contribution >= 4 is 53.8 Å². The van der Waals surface area contributed by atoms with E-state index in [2.05, 4.69) is 15.9 Å². The maximum absolute atomic E-state index is 11.8. The summed E-state index contributed by atoms with van der Waals surface area (Å²) >= 11 is 6.15. The van der Waals surface area contributed by atoms with Crippen LogP contribution in [0.3, 0.4) is 0 Å². The number of thioether (sulfide) groups is 1. The molecule has 80 valence electrons. The molecule has 6 heteroatoms. The summed E-state index contributed by atoms with van der Waals surface area (Å²) in [5, 5.41) is 0. The van der Waals surface area contributed by atoms with Crippen molar-refractivity contribution < 1.29 is 8.42 Å². The lowest BCUT2D eigenvalue weighted by atomic mass is 10.4. The lowest BCUT2D eigenvalue weighted by molar-refractivity contribution is 0.614. The zero-order valence-electron chi connectivity index (χ0n) is 7.73. The van der Waals surface area contributed by atoms with Crippen molar-refractivity contribution in [1.29, 1.82) is 0 Å². The number of rotatable bonds is 2. The van der Waals surface area contributed by atoms with Gasteiger partial charge in [0.1, 0.15) is 3.81 Å². The topological polar surface area (TPSA) is 34.1 Å². The van der Waals surface area contributed by atoms with Crippen LogP contribution in [0.2, 0.25) is 0 Å². The molecule has 0 saturated heterocycles. The molecule has 0 radical (unpaired) electrons. The van der Waals surface area contributed by atoms with Crippen LogP contribution in [-0.4, -0.2) is 14.7 Å². The van der Waals surface area contributed by atoms with Gasteiger partial charge in [0, 0.05) is 4.88 Å². The van der Waals surface area contributed by atoms with E-state index in [1.807, 2.05) is 18.4 Å². The Morgan fingerprint density at radius 3 is 2.53 bits per heavy atom. The molecule has 0 spiro atoms. The van der Waals surface area contributed by atoms with E-state index in [-0.39, 0.29) is 3.81 Å². The fourth-order valence-electron chi connectivity index (χ4n) is 1.20. The second kappa shape index (κ2) is 4.08. The van der Waals surface area contributed by atoms with E-state index in [0.29, 0.717) is 4.91 Å². The monoisotopic (exact) mass is 322 g/mol. The van der Waals surface area contributed by atoms with E-state index in [1.165, 1.54) is 11.3 Å². The van der Waals surface area contributed by atoms with Crippen molar-refractivity contribution in [3.8, 4) is 0 Å². The van der Waals surface area contributed by atoms with Crippen molar-refractivity contribution in [2.45, 2.75) is 4.21 Å². The Hall–Kier alpha value is -0.0400. The Labute approximate surface area is 105 Å². The SMILES string of the molecule is CSc1ccc(C2=CC=C(Br)S2(=O)=O)s1. The van der Waals surface area contributed by atoms with Gasteiger partial charge in [-0.2, -0.15) is 0 Å². The Balaban J connectivity index is 2.44. The third kappa shape index (κ3) is 1.95. The molecule has 0 N–H and O–H groups in total. The van der Waals surface area contributed by atoms with Gasteiger partial charge in [-0.1, -0.05) is 0 Å². The van der Waals surface area contributed by atoms with Crippen LogP contribution in [0.25, 0.3) is 4.91 Å². The van der Waals surface area contributed by atoms with Gasteiger partial charge in [0.15, 0.2) is 0 Å². The first-order valence-corrected chi connectivity index (χ1v) is 8.34. The zero-order valence-corrected chi connectivity index (χ0v) is 11.8. The molecule has 0 saturated carbocycles. The minimum absolute atomic E-state index is 0.240. The summed E-state index contributed by atoms with van der Waals surface area (Å²) in [4.78, 5) is 1.18. The first kappa shape index (κ1) is 11.4. The summed E-state index contributed by atoms with van der Waals surface area (Å²) in [6.07, 6.45) is 5.18. The van der Waals surface area contributed by atoms with E-state index in [9.17, 15) is 8.42 Å². The Bertz CT molecular complexity index is 552. The van der Waals surface area contributed by atoms with Gasteiger partial charge in [-0.15, -0.1) is 23.1 Å². The second-order valence-corrected chi connectivity index (χ2v) is 8.28. The number of thiophene rings is 1. The molecule has 15 heavy (non-hydrogen) atoms. The van der Waals surface area contributed by atoms with E-state index >= 15 is 0 Å². The predicted octanol–water partition coefficient (Wildman–Crippen LogP) is 3.48. The Morgan fingerprint density at radius 1 is 1.33 bits per heavy atom. The quantitative estimate of drug-likeness (QED) is 0.782. The Kier molecular flexibility index (Phi) is 3.12. The molecule has 1 aliphatic heterocycles. The molecular formula is C9H7BrO2S3. The smallest absolute Gasteiger partial charge is 0.214 e. The summed E-state index contributed by atoms with van der Waals surface area (Å²) in [6, 6.07) is 3.78. The molecule has 1 aromatic rings. The molecular weight excluding hydrogens is 316 g/mol. The highest BCUT2D eigenvalue weighted by atomic mass is 79.9. The van der Waals surface area contributed by atoms with Gasteiger partial charge in [-0.05, 0) is 46.5 Å². The Morgan fingerprint density at radius 2 is 2.07 bits per heavy atom. The molecule has 2 rings (SSSR count). The largest absolute Gasteiger partial charge is 0.218 e. The summed E-state index contributed by atoms with van der Waals surface area (Å²) < 4.78 is 25.0. The van der Waals surface area contributed by atoms with Gasteiger partial charge < -0.3 is 0 Å². The standard InChI is InChI=1S/C9H7BrO2S3/c1-13-9-5-2-6(14-9)7-3-4-8(10)15(7,11)12/h2-5H,1H3. The normalized spacial score (nSPS) is 18.8. The van der Waals surface area contributed by atoms with Crippen LogP contribution in [-0.2, 0) is 9.84 Å². The molecule has 2 nitrogen and oxygen atoms in total. The number of hydrogen-bond acceptors (Lipinski definition) is 4. The van der Waals surface area contributed by atoms with Crippen molar-refractivity contribution in [3.63, 3.8) is 0 Å². The number of sulfone groups is 1. The highest BCUT2D eigenvalue weighted by molar-refractivity contribution is 9.13. The molecule has 1 aliphatic rings. The van der Waals surface area contributed by atoms with Crippen molar-refractivity contribution in [2.24, 2.45) is 0 Å². The number of halogens is 1. The minimum Gasteiger partial charge on any atom is -0.218 e. The number of allylic oxidation sites excluding steroid dienone is 2. The summed E-state index contributed by atoms with van der Waals surface area (Å²) in [5.74, 6) is 0. The van der Waals surface area contributed by atoms with E-state index < -0.39 is 9.84 Å². The molecule has 1 aromatic heterocycles. The van der Waals surface area contributed by atoms with E-state index in [1.54, 1.807) is 23.9 Å². The molecule has 2 heterocycles. The summed E-state index contributed by atoms with van der Waals surface area (Å²) in [6.45, 7) is 0. The third-order valence-corrected chi connectivity index (χ3v) is 7.40. The average molecular weight is 323 g/mol. The summed E-state index contributed by atoms with van der Waals surface area (Å²) in [7, 11) is -3.27. The van der Waals surface area contributed by atoms with Crippen molar-refractivity contribution in [2.75, 3.05) is 6.26 Å².